The van der Waals surface area contributed by atoms with Crippen LogP contribution in [-0.2, 0) is 7.05 Å². The van der Waals surface area contributed by atoms with Crippen molar-refractivity contribution >= 4 is 22.1 Å². The van der Waals surface area contributed by atoms with Crippen molar-refractivity contribution in [3.8, 4) is 11.3 Å². The lowest BCUT2D eigenvalue weighted by atomic mass is 10.0. The Balaban J connectivity index is 1.66. The van der Waals surface area contributed by atoms with Crippen molar-refractivity contribution in [2.45, 2.75) is 13.3 Å². The van der Waals surface area contributed by atoms with Crippen molar-refractivity contribution in [3.05, 3.63) is 70.3 Å². The average Bonchev–Trinajstić information content (AvgIpc) is 3.08. The van der Waals surface area contributed by atoms with Crippen molar-refractivity contribution in [3.63, 3.8) is 0 Å². The summed E-state index contributed by atoms with van der Waals surface area (Å²) in [6.07, 6.45) is 7.05. The van der Waals surface area contributed by atoms with Gasteiger partial charge in [-0.15, -0.1) is 0 Å². The van der Waals surface area contributed by atoms with Crippen molar-refractivity contribution < 1.29 is 0 Å². The third-order valence-corrected chi connectivity index (χ3v) is 5.29. The molecule has 0 unspecified atom stereocenters. The van der Waals surface area contributed by atoms with Gasteiger partial charge in [0.15, 0.2) is 0 Å². The van der Waals surface area contributed by atoms with E-state index in [4.69, 9.17) is 4.98 Å². The highest BCUT2D eigenvalue weighted by Gasteiger charge is 2.12. The summed E-state index contributed by atoms with van der Waals surface area (Å²) in [5, 5.41) is 8.76. The Morgan fingerprint density at radius 1 is 1.11 bits per heavy atom. The molecular formula is C22H21N5O. The number of aromatic nitrogens is 4. The Hall–Kier alpha value is -3.25. The minimum Gasteiger partial charge on any atom is -0.313 e. The van der Waals surface area contributed by atoms with Crippen LogP contribution < -0.4 is 10.9 Å². The SMILES string of the molecule is Cc1cc(C2=CCNCC2)cn2c(=O)cc(-c3ccc4nn(C)cc4c3)nc12. The Bertz CT molecular complexity index is 1310. The fourth-order valence-electron chi connectivity index (χ4n) is 3.88. The van der Waals surface area contributed by atoms with Gasteiger partial charge < -0.3 is 5.32 Å². The molecule has 0 radical (unpaired) electrons. The molecule has 0 aliphatic carbocycles. The zero-order valence-corrected chi connectivity index (χ0v) is 15.9. The van der Waals surface area contributed by atoms with Crippen LogP contribution in [0.15, 0.2) is 53.6 Å². The number of benzene rings is 1. The van der Waals surface area contributed by atoms with Crippen LogP contribution >= 0.6 is 0 Å². The Morgan fingerprint density at radius 2 is 2.00 bits per heavy atom. The van der Waals surface area contributed by atoms with Crippen LogP contribution in [0, 0.1) is 6.92 Å². The minimum absolute atomic E-state index is 0.0641. The van der Waals surface area contributed by atoms with Crippen molar-refractivity contribution in [2.24, 2.45) is 7.05 Å². The number of fused-ring (bicyclic) bond motifs is 2. The standard InChI is InChI=1S/C22H21N5O/c1-14-9-17(15-5-7-23-8-6-15)13-27-21(28)11-20(24-22(14)27)16-3-4-19-18(10-16)12-26(2)25-19/h3-5,9-13,23H,6-8H2,1-2H3. The molecule has 6 heteroatoms. The molecule has 3 aromatic heterocycles. The van der Waals surface area contributed by atoms with E-state index in [1.165, 1.54) is 5.57 Å². The van der Waals surface area contributed by atoms with Gasteiger partial charge in [0.05, 0.1) is 11.2 Å². The second-order valence-electron chi connectivity index (χ2n) is 7.34. The normalized spacial score (nSPS) is 14.6. The maximum atomic E-state index is 12.9. The average molecular weight is 371 g/mol. The lowest BCUT2D eigenvalue weighted by Crippen LogP contribution is -2.21. The van der Waals surface area contributed by atoms with E-state index in [-0.39, 0.29) is 5.56 Å². The first-order valence-corrected chi connectivity index (χ1v) is 9.46. The molecular weight excluding hydrogens is 350 g/mol. The predicted octanol–water partition coefficient (Wildman–Crippen LogP) is 2.93. The highest BCUT2D eigenvalue weighted by molar-refractivity contribution is 5.83. The van der Waals surface area contributed by atoms with Crippen LogP contribution in [-0.4, -0.2) is 32.3 Å². The smallest absolute Gasteiger partial charge is 0.258 e. The molecule has 0 amide bonds. The van der Waals surface area contributed by atoms with Gasteiger partial charge in [-0.05, 0) is 54.8 Å². The summed E-state index contributed by atoms with van der Waals surface area (Å²) in [7, 11) is 1.90. The topological polar surface area (TPSA) is 64.2 Å². The van der Waals surface area contributed by atoms with E-state index >= 15 is 0 Å². The van der Waals surface area contributed by atoms with Crippen LogP contribution in [0.25, 0.3) is 33.4 Å². The van der Waals surface area contributed by atoms with Gasteiger partial charge in [0.1, 0.15) is 5.65 Å². The van der Waals surface area contributed by atoms with Gasteiger partial charge in [-0.2, -0.15) is 5.10 Å². The number of hydrogen-bond acceptors (Lipinski definition) is 4. The zero-order chi connectivity index (χ0) is 19.3. The number of hydrogen-bond donors (Lipinski definition) is 1. The molecule has 4 aromatic rings. The second-order valence-corrected chi connectivity index (χ2v) is 7.34. The summed E-state index contributed by atoms with van der Waals surface area (Å²) < 4.78 is 3.46. The molecule has 6 nitrogen and oxygen atoms in total. The van der Waals surface area contributed by atoms with E-state index in [1.807, 2.05) is 44.6 Å². The van der Waals surface area contributed by atoms with Gasteiger partial charge in [0.2, 0.25) is 0 Å². The summed E-state index contributed by atoms with van der Waals surface area (Å²) >= 11 is 0. The summed E-state index contributed by atoms with van der Waals surface area (Å²) in [6, 6.07) is 9.71. The summed E-state index contributed by atoms with van der Waals surface area (Å²) in [5.41, 5.74) is 6.55. The molecule has 1 aliphatic rings. The van der Waals surface area contributed by atoms with E-state index in [1.54, 1.807) is 15.1 Å². The third-order valence-electron chi connectivity index (χ3n) is 5.29. The number of nitrogens with zero attached hydrogens (tertiary/aromatic N) is 4. The van der Waals surface area contributed by atoms with Crippen molar-refractivity contribution in [1.29, 1.82) is 0 Å². The first-order chi connectivity index (χ1) is 13.6. The number of rotatable bonds is 2. The van der Waals surface area contributed by atoms with Crippen LogP contribution in [0.3, 0.4) is 0 Å². The molecule has 1 aliphatic heterocycles. The molecule has 1 aromatic carbocycles. The number of nitrogens with one attached hydrogen (secondary N) is 1. The lowest BCUT2D eigenvalue weighted by molar-refractivity contribution is 0.738. The molecule has 28 heavy (non-hydrogen) atoms. The van der Waals surface area contributed by atoms with Gasteiger partial charge in [-0.1, -0.05) is 12.1 Å². The predicted molar refractivity (Wildman–Crippen MR) is 111 cm³/mol. The second kappa shape index (κ2) is 6.42. The van der Waals surface area contributed by atoms with Crippen molar-refractivity contribution in [2.75, 3.05) is 13.1 Å². The molecule has 0 saturated carbocycles. The molecule has 0 bridgehead atoms. The minimum atomic E-state index is -0.0641. The van der Waals surface area contributed by atoms with Gasteiger partial charge in [-0.25, -0.2) is 4.98 Å². The van der Waals surface area contributed by atoms with E-state index in [0.717, 1.165) is 47.1 Å². The Labute approximate surface area is 162 Å². The maximum Gasteiger partial charge on any atom is 0.258 e. The molecule has 0 saturated heterocycles. The molecule has 5 rings (SSSR count). The van der Waals surface area contributed by atoms with Crippen LogP contribution in [0.2, 0.25) is 0 Å². The summed E-state index contributed by atoms with van der Waals surface area (Å²) in [4.78, 5) is 17.7. The fraction of sp³-hybridized carbons (Fsp3) is 0.227. The van der Waals surface area contributed by atoms with Gasteiger partial charge >= 0.3 is 0 Å². The van der Waals surface area contributed by atoms with Crippen molar-refractivity contribution in [1.82, 2.24) is 24.5 Å². The quantitative estimate of drug-likeness (QED) is 0.588. The van der Waals surface area contributed by atoms with E-state index in [2.05, 4.69) is 22.6 Å². The van der Waals surface area contributed by atoms with E-state index < -0.39 is 0 Å². The molecule has 4 heterocycles. The van der Waals surface area contributed by atoms with Crippen LogP contribution in [0.4, 0.5) is 0 Å². The first-order valence-electron chi connectivity index (χ1n) is 9.46. The van der Waals surface area contributed by atoms with Crippen LogP contribution in [0.5, 0.6) is 0 Å². The van der Waals surface area contributed by atoms with E-state index in [9.17, 15) is 4.79 Å². The largest absolute Gasteiger partial charge is 0.313 e. The molecule has 0 atom stereocenters. The van der Waals surface area contributed by atoms with Gasteiger partial charge in [0.25, 0.3) is 5.56 Å². The number of aryl methyl sites for hydroxylation is 2. The van der Waals surface area contributed by atoms with Gasteiger partial charge in [-0.3, -0.25) is 13.9 Å². The monoisotopic (exact) mass is 371 g/mol. The zero-order valence-electron chi connectivity index (χ0n) is 15.9. The molecule has 0 spiro atoms. The maximum absolute atomic E-state index is 12.9. The number of pyridine rings is 1. The summed E-state index contributed by atoms with van der Waals surface area (Å²) in [6.45, 7) is 3.85. The third kappa shape index (κ3) is 2.82. The van der Waals surface area contributed by atoms with Gasteiger partial charge in [0, 0.05) is 43.0 Å². The lowest BCUT2D eigenvalue weighted by Gasteiger charge is -2.16. The fourth-order valence-corrected chi connectivity index (χ4v) is 3.88. The molecule has 1 N–H and O–H groups in total. The highest BCUT2D eigenvalue weighted by Crippen LogP contribution is 2.25. The van der Waals surface area contributed by atoms with Crippen LogP contribution in [0.1, 0.15) is 17.5 Å². The highest BCUT2D eigenvalue weighted by atomic mass is 16.1. The first kappa shape index (κ1) is 16.9. The molecule has 0 fully saturated rings. The van der Waals surface area contributed by atoms with E-state index in [0.29, 0.717) is 11.3 Å². The summed E-state index contributed by atoms with van der Waals surface area (Å²) in [5.74, 6) is 0. The Morgan fingerprint density at radius 3 is 2.82 bits per heavy atom. The Kier molecular flexibility index (Phi) is 3.87. The molecule has 140 valence electrons.